The molecule has 0 saturated carbocycles. The van der Waals surface area contributed by atoms with Crippen LogP contribution in [-0.4, -0.2) is 17.2 Å². The van der Waals surface area contributed by atoms with Crippen molar-refractivity contribution in [3.63, 3.8) is 0 Å². The summed E-state index contributed by atoms with van der Waals surface area (Å²) < 4.78 is 11.1. The first-order chi connectivity index (χ1) is 29.7. The van der Waals surface area contributed by atoms with Crippen molar-refractivity contribution in [2.24, 2.45) is 0 Å². The quantitative estimate of drug-likeness (QED) is 0.125. The van der Waals surface area contributed by atoms with E-state index in [4.69, 9.17) is 4.42 Å². The van der Waals surface area contributed by atoms with E-state index >= 15 is 0 Å². The van der Waals surface area contributed by atoms with Gasteiger partial charge in [0.25, 0.3) is 0 Å². The zero-order valence-electron chi connectivity index (χ0n) is 32.5. The first-order valence-electron chi connectivity index (χ1n) is 20.3. The molecule has 3 heterocycles. The highest BCUT2D eigenvalue weighted by molar-refractivity contribution is 7.20. The van der Waals surface area contributed by atoms with Crippen molar-refractivity contribution >= 4 is 94.4 Å². The van der Waals surface area contributed by atoms with Gasteiger partial charge in [0.05, 0.1) is 33.7 Å². The zero-order chi connectivity index (χ0) is 39.8. The molecule has 9 aromatic carbocycles. The normalized spacial score (nSPS) is 12.0. The first kappa shape index (κ1) is 34.2. The van der Waals surface area contributed by atoms with Gasteiger partial charge in [-0.1, -0.05) is 146 Å². The maximum absolute atomic E-state index is 10.8. The van der Waals surface area contributed by atoms with Crippen LogP contribution < -0.4 is 20.7 Å². The Kier molecular flexibility index (Phi) is 7.58. The third-order valence-corrected chi connectivity index (χ3v) is 17.2. The molecule has 60 heavy (non-hydrogen) atoms. The largest absolute Gasteiger partial charge is 0.456 e. The van der Waals surface area contributed by atoms with E-state index < -0.39 is 8.07 Å². The number of nitrogens with zero attached hydrogens (tertiary/aromatic N) is 3. The van der Waals surface area contributed by atoms with Gasteiger partial charge in [0, 0.05) is 43.7 Å². The molecular formula is C55H35N3OSi. The molecule has 5 heteroatoms. The number of benzene rings is 9. The smallest absolute Gasteiger partial charge is 0.179 e. The minimum absolute atomic E-state index is 0.632. The van der Waals surface area contributed by atoms with Crippen LogP contribution in [0.25, 0.3) is 76.9 Å². The van der Waals surface area contributed by atoms with Gasteiger partial charge >= 0.3 is 0 Å². The SMILES string of the molecule is N#Cc1cc(-n2c3ccccc3c3ccccc32)cc([Si](c2ccccc2)(c2ccccc2)c2ccc(-n3c4ccccc4c4c5c(ccc43)oc3ccccc35)cc2)c1. The molecule has 0 bridgehead atoms. The molecular weight excluding hydrogens is 747 g/mol. The summed E-state index contributed by atoms with van der Waals surface area (Å²) >= 11 is 0. The van der Waals surface area contributed by atoms with Crippen molar-refractivity contribution in [1.29, 1.82) is 5.26 Å². The van der Waals surface area contributed by atoms with Crippen LogP contribution >= 0.6 is 0 Å². The monoisotopic (exact) mass is 781 g/mol. The van der Waals surface area contributed by atoms with Gasteiger partial charge in [-0.3, -0.25) is 0 Å². The van der Waals surface area contributed by atoms with E-state index in [2.05, 4.69) is 209 Å². The fourth-order valence-electron chi connectivity index (χ4n) is 10.0. The molecule has 0 fully saturated rings. The van der Waals surface area contributed by atoms with E-state index in [1.165, 1.54) is 37.1 Å². The Bertz CT molecular complexity index is 3570. The van der Waals surface area contributed by atoms with Gasteiger partial charge in [-0.05, 0) is 87.5 Å². The van der Waals surface area contributed by atoms with Crippen molar-refractivity contribution in [1.82, 2.24) is 9.13 Å². The topological polar surface area (TPSA) is 46.8 Å². The minimum atomic E-state index is -3.09. The molecule has 0 radical (unpaired) electrons. The summed E-state index contributed by atoms with van der Waals surface area (Å²) in [6.07, 6.45) is 0. The average molecular weight is 782 g/mol. The van der Waals surface area contributed by atoms with Gasteiger partial charge in [0.2, 0.25) is 0 Å². The number of para-hydroxylation sites is 4. The van der Waals surface area contributed by atoms with E-state index in [0.717, 1.165) is 60.6 Å². The molecule has 12 rings (SSSR count). The van der Waals surface area contributed by atoms with Crippen molar-refractivity contribution < 1.29 is 4.42 Å². The van der Waals surface area contributed by atoms with Crippen LogP contribution in [0.15, 0.2) is 217 Å². The molecule has 0 amide bonds. The average Bonchev–Trinajstić information content (AvgIpc) is 3.98. The van der Waals surface area contributed by atoms with Gasteiger partial charge in [0.15, 0.2) is 8.07 Å². The molecule has 0 spiro atoms. The van der Waals surface area contributed by atoms with Crippen molar-refractivity contribution in [2.75, 3.05) is 0 Å². The van der Waals surface area contributed by atoms with E-state index in [9.17, 15) is 5.26 Å². The second-order valence-electron chi connectivity index (χ2n) is 15.6. The summed E-state index contributed by atoms with van der Waals surface area (Å²) in [6.45, 7) is 0. The minimum Gasteiger partial charge on any atom is -0.456 e. The maximum Gasteiger partial charge on any atom is 0.179 e. The predicted octanol–water partition coefficient (Wildman–Crippen LogP) is 11.0. The Morgan fingerprint density at radius 2 is 0.883 bits per heavy atom. The molecule has 0 aliphatic carbocycles. The number of hydrogen-bond donors (Lipinski definition) is 0. The molecule has 3 aromatic heterocycles. The lowest BCUT2D eigenvalue weighted by atomic mass is 10.1. The van der Waals surface area contributed by atoms with E-state index in [1.807, 2.05) is 18.2 Å². The molecule has 4 nitrogen and oxygen atoms in total. The molecule has 0 atom stereocenters. The van der Waals surface area contributed by atoms with Crippen LogP contribution in [0.2, 0.25) is 0 Å². The summed E-state index contributed by atoms with van der Waals surface area (Å²) in [7, 11) is -3.09. The van der Waals surface area contributed by atoms with Crippen LogP contribution in [0, 0.1) is 11.3 Å². The summed E-state index contributed by atoms with van der Waals surface area (Å²) in [5, 5.41) is 22.7. The number of fused-ring (bicyclic) bond motifs is 10. The summed E-state index contributed by atoms with van der Waals surface area (Å²) in [5.74, 6) is 0. The fraction of sp³-hybridized carbons (Fsp3) is 0. The third kappa shape index (κ3) is 4.89. The van der Waals surface area contributed by atoms with Gasteiger partial charge in [-0.25, -0.2) is 0 Å². The lowest BCUT2D eigenvalue weighted by Crippen LogP contribution is -2.74. The number of furan rings is 1. The molecule has 12 aromatic rings. The number of rotatable bonds is 6. The second-order valence-corrected chi connectivity index (χ2v) is 19.4. The zero-order valence-corrected chi connectivity index (χ0v) is 33.5. The lowest BCUT2D eigenvalue weighted by molar-refractivity contribution is 0.669. The third-order valence-electron chi connectivity index (χ3n) is 12.5. The van der Waals surface area contributed by atoms with Gasteiger partial charge in [-0.2, -0.15) is 5.26 Å². The fourth-order valence-corrected chi connectivity index (χ4v) is 14.8. The van der Waals surface area contributed by atoms with Crippen molar-refractivity contribution in [2.45, 2.75) is 0 Å². The summed E-state index contributed by atoms with van der Waals surface area (Å²) in [4.78, 5) is 0. The van der Waals surface area contributed by atoms with Crippen molar-refractivity contribution in [3.8, 4) is 17.4 Å². The van der Waals surface area contributed by atoms with Crippen LogP contribution in [0.4, 0.5) is 0 Å². The van der Waals surface area contributed by atoms with E-state index in [0.29, 0.717) is 5.56 Å². The Labute approximate surface area is 347 Å². The van der Waals surface area contributed by atoms with Crippen LogP contribution in [0.3, 0.4) is 0 Å². The van der Waals surface area contributed by atoms with Gasteiger partial charge in [-0.15, -0.1) is 0 Å². The number of hydrogen-bond acceptors (Lipinski definition) is 2. The summed E-state index contributed by atoms with van der Waals surface area (Å²) in [6, 6.07) is 78.7. The van der Waals surface area contributed by atoms with Crippen LogP contribution in [0.1, 0.15) is 5.56 Å². The second kappa shape index (κ2) is 13.3. The highest BCUT2D eigenvalue weighted by Crippen LogP contribution is 2.41. The molecule has 0 aliphatic rings. The highest BCUT2D eigenvalue weighted by Gasteiger charge is 2.42. The maximum atomic E-state index is 10.8. The van der Waals surface area contributed by atoms with E-state index in [1.54, 1.807) is 0 Å². The van der Waals surface area contributed by atoms with Crippen LogP contribution in [0.5, 0.6) is 0 Å². The van der Waals surface area contributed by atoms with Gasteiger partial charge in [0.1, 0.15) is 11.2 Å². The van der Waals surface area contributed by atoms with Gasteiger partial charge < -0.3 is 13.6 Å². The molecule has 0 saturated heterocycles. The Balaban J connectivity index is 1.13. The van der Waals surface area contributed by atoms with Crippen LogP contribution in [-0.2, 0) is 0 Å². The lowest BCUT2D eigenvalue weighted by Gasteiger charge is -2.35. The Morgan fingerprint density at radius 1 is 0.367 bits per heavy atom. The standard InChI is InChI=1S/C55H35N3OSi/c56-36-37-33-39(58-48-23-11-7-19-44(48)45-20-8-12-24-49(45)58)35-43(34-37)60(40-15-3-1-4-16-40,41-17-5-2-6-18-41)42-29-27-38(28-30-42)57-50-25-13-9-21-46(50)54-51(57)31-32-53-55(54)47-22-10-14-26-52(47)59-53/h1-35H. The first-order valence-corrected chi connectivity index (χ1v) is 22.3. The number of nitriles is 1. The Morgan fingerprint density at radius 3 is 1.52 bits per heavy atom. The molecule has 0 unspecified atom stereocenters. The molecule has 0 aliphatic heterocycles. The molecule has 0 N–H and O–H groups in total. The number of aromatic nitrogens is 2. The Hall–Kier alpha value is -7.91. The summed E-state index contributed by atoms with van der Waals surface area (Å²) in [5.41, 5.74) is 8.98. The molecule has 280 valence electrons. The predicted molar refractivity (Wildman–Crippen MR) is 251 cm³/mol. The van der Waals surface area contributed by atoms with E-state index in [-0.39, 0.29) is 0 Å². The van der Waals surface area contributed by atoms with Crippen molar-refractivity contribution in [3.05, 3.63) is 218 Å². The highest BCUT2D eigenvalue weighted by atomic mass is 28.3.